The third-order valence-electron chi connectivity index (χ3n) is 2.38. The van der Waals surface area contributed by atoms with E-state index in [9.17, 15) is 4.79 Å². The van der Waals surface area contributed by atoms with Crippen LogP contribution in [0.15, 0.2) is 39.7 Å². The zero-order chi connectivity index (χ0) is 10.8. The van der Waals surface area contributed by atoms with E-state index >= 15 is 0 Å². The van der Waals surface area contributed by atoms with Crippen LogP contribution in [0.4, 0.5) is 0 Å². The molecule has 2 aromatic rings. The van der Waals surface area contributed by atoms with Gasteiger partial charge in [-0.1, -0.05) is 26.0 Å². The van der Waals surface area contributed by atoms with E-state index in [4.69, 9.17) is 4.42 Å². The molecule has 0 spiro atoms. The van der Waals surface area contributed by atoms with Crippen molar-refractivity contribution >= 4 is 11.0 Å². The van der Waals surface area contributed by atoms with Gasteiger partial charge in [-0.2, -0.15) is 0 Å². The van der Waals surface area contributed by atoms with Gasteiger partial charge in [0.1, 0.15) is 5.58 Å². The summed E-state index contributed by atoms with van der Waals surface area (Å²) in [6.07, 6.45) is 2.36. The molecule has 2 heteroatoms. The number of rotatable bonds is 2. The lowest BCUT2D eigenvalue weighted by Crippen LogP contribution is -2.10. The summed E-state index contributed by atoms with van der Waals surface area (Å²) in [5.41, 5.74) is 1.53. The Bertz CT molecular complexity index is 523. The van der Waals surface area contributed by atoms with Gasteiger partial charge in [0.15, 0.2) is 5.43 Å². The molecule has 2 rings (SSSR count). The Morgan fingerprint density at radius 2 is 2.00 bits per heavy atom. The Balaban J connectivity index is 2.60. The zero-order valence-electron chi connectivity index (χ0n) is 8.99. The minimum absolute atomic E-state index is 0.102. The summed E-state index contributed by atoms with van der Waals surface area (Å²) in [5, 5.41) is 0.677. The Labute approximate surface area is 88.5 Å². The molecule has 0 atom stereocenters. The molecule has 0 aliphatic heterocycles. The van der Waals surface area contributed by atoms with E-state index in [0.717, 1.165) is 12.0 Å². The number of fused-ring (bicyclic) bond motifs is 1. The lowest BCUT2D eigenvalue weighted by molar-refractivity contribution is 0.571. The van der Waals surface area contributed by atoms with Crippen LogP contribution >= 0.6 is 0 Å². The second-order valence-corrected chi connectivity index (χ2v) is 4.18. The molecule has 1 aromatic heterocycles. The minimum Gasteiger partial charge on any atom is -0.464 e. The average molecular weight is 202 g/mol. The molecular formula is C13H14O2. The third-order valence-corrected chi connectivity index (χ3v) is 2.38. The Morgan fingerprint density at radius 1 is 1.27 bits per heavy atom. The first-order valence-electron chi connectivity index (χ1n) is 5.18. The molecule has 15 heavy (non-hydrogen) atoms. The molecule has 78 valence electrons. The van der Waals surface area contributed by atoms with Crippen LogP contribution < -0.4 is 5.43 Å². The van der Waals surface area contributed by atoms with Gasteiger partial charge in [-0.15, -0.1) is 0 Å². The molecule has 1 aromatic carbocycles. The summed E-state index contributed by atoms with van der Waals surface area (Å²) in [5.74, 6) is 0.467. The summed E-state index contributed by atoms with van der Waals surface area (Å²) in [6.45, 7) is 4.18. The lowest BCUT2D eigenvalue weighted by Gasteiger charge is -2.04. The van der Waals surface area contributed by atoms with Crippen molar-refractivity contribution in [3.8, 4) is 0 Å². The molecule has 0 saturated carbocycles. The first-order chi connectivity index (χ1) is 7.18. The Kier molecular flexibility index (Phi) is 2.58. The van der Waals surface area contributed by atoms with Crippen molar-refractivity contribution in [3.05, 3.63) is 46.3 Å². The van der Waals surface area contributed by atoms with E-state index < -0.39 is 0 Å². The second-order valence-electron chi connectivity index (χ2n) is 4.18. The summed E-state index contributed by atoms with van der Waals surface area (Å²) in [6, 6.07) is 7.35. The van der Waals surface area contributed by atoms with Crippen molar-refractivity contribution in [2.45, 2.75) is 20.3 Å². The van der Waals surface area contributed by atoms with Gasteiger partial charge in [0, 0.05) is 5.56 Å². The van der Waals surface area contributed by atoms with Gasteiger partial charge in [0.2, 0.25) is 0 Å². The number of hydrogen-bond acceptors (Lipinski definition) is 2. The largest absolute Gasteiger partial charge is 0.464 e. The lowest BCUT2D eigenvalue weighted by atomic mass is 10.0. The SMILES string of the molecule is CC(C)Cc1coc2ccccc2c1=O. The summed E-state index contributed by atoms with van der Waals surface area (Å²) in [7, 11) is 0. The van der Waals surface area contributed by atoms with Crippen LogP contribution in [0.1, 0.15) is 19.4 Å². The van der Waals surface area contributed by atoms with E-state index in [-0.39, 0.29) is 5.43 Å². The number of hydrogen-bond donors (Lipinski definition) is 0. The first-order valence-corrected chi connectivity index (χ1v) is 5.18. The predicted octanol–water partition coefficient (Wildman–Crippen LogP) is 2.99. The van der Waals surface area contributed by atoms with E-state index in [1.54, 1.807) is 6.26 Å². The third kappa shape index (κ3) is 1.94. The van der Waals surface area contributed by atoms with Crippen LogP contribution in [0, 0.1) is 5.92 Å². The van der Waals surface area contributed by atoms with Gasteiger partial charge in [0.05, 0.1) is 11.6 Å². The smallest absolute Gasteiger partial charge is 0.195 e. The van der Waals surface area contributed by atoms with Crippen LogP contribution in [0.3, 0.4) is 0 Å². The normalized spacial score (nSPS) is 11.1. The quantitative estimate of drug-likeness (QED) is 0.749. The van der Waals surface area contributed by atoms with Gasteiger partial charge in [-0.25, -0.2) is 0 Å². The van der Waals surface area contributed by atoms with Crippen molar-refractivity contribution in [2.24, 2.45) is 5.92 Å². The van der Waals surface area contributed by atoms with Crippen LogP contribution in [0.5, 0.6) is 0 Å². The van der Waals surface area contributed by atoms with Crippen LogP contribution in [-0.2, 0) is 6.42 Å². The summed E-state index contributed by atoms with van der Waals surface area (Å²) >= 11 is 0. The zero-order valence-corrected chi connectivity index (χ0v) is 8.99. The highest BCUT2D eigenvalue weighted by atomic mass is 16.3. The Hall–Kier alpha value is -1.57. The molecule has 0 saturated heterocycles. The van der Waals surface area contributed by atoms with Crippen LogP contribution in [0.2, 0.25) is 0 Å². The molecule has 0 unspecified atom stereocenters. The maximum atomic E-state index is 12.0. The molecule has 0 aliphatic rings. The predicted molar refractivity (Wildman–Crippen MR) is 61.0 cm³/mol. The van der Waals surface area contributed by atoms with Crippen molar-refractivity contribution in [2.75, 3.05) is 0 Å². The molecule has 0 radical (unpaired) electrons. The van der Waals surface area contributed by atoms with Crippen LogP contribution in [-0.4, -0.2) is 0 Å². The average Bonchev–Trinajstić information content (AvgIpc) is 2.22. The van der Waals surface area contributed by atoms with Gasteiger partial charge < -0.3 is 4.42 Å². The monoisotopic (exact) mass is 202 g/mol. The fourth-order valence-corrected chi connectivity index (χ4v) is 1.70. The van der Waals surface area contributed by atoms with E-state index in [1.165, 1.54) is 0 Å². The van der Waals surface area contributed by atoms with E-state index in [1.807, 2.05) is 24.3 Å². The molecule has 0 bridgehead atoms. The highest BCUT2D eigenvalue weighted by Crippen LogP contribution is 2.12. The molecule has 0 N–H and O–H groups in total. The first kappa shape index (κ1) is 9.97. The summed E-state index contributed by atoms with van der Waals surface area (Å²) < 4.78 is 5.42. The summed E-state index contributed by atoms with van der Waals surface area (Å²) in [4.78, 5) is 12.0. The fourth-order valence-electron chi connectivity index (χ4n) is 1.70. The van der Waals surface area contributed by atoms with Crippen molar-refractivity contribution in [1.82, 2.24) is 0 Å². The minimum atomic E-state index is 0.102. The van der Waals surface area contributed by atoms with Gasteiger partial charge in [0.25, 0.3) is 0 Å². The molecule has 2 nitrogen and oxygen atoms in total. The van der Waals surface area contributed by atoms with Gasteiger partial charge in [-0.05, 0) is 24.5 Å². The molecular weight excluding hydrogens is 188 g/mol. The molecule has 1 heterocycles. The topological polar surface area (TPSA) is 30.2 Å². The van der Waals surface area contributed by atoms with Crippen molar-refractivity contribution in [1.29, 1.82) is 0 Å². The standard InChI is InChI=1S/C13H14O2/c1-9(2)7-10-8-15-12-6-4-3-5-11(12)13(10)14/h3-6,8-9H,7H2,1-2H3. The fraction of sp³-hybridized carbons (Fsp3) is 0.308. The highest BCUT2D eigenvalue weighted by molar-refractivity contribution is 5.76. The number of para-hydroxylation sites is 1. The van der Waals surface area contributed by atoms with Crippen molar-refractivity contribution < 1.29 is 4.42 Å². The van der Waals surface area contributed by atoms with E-state index in [2.05, 4.69) is 13.8 Å². The molecule has 0 fully saturated rings. The molecule has 0 aliphatic carbocycles. The van der Waals surface area contributed by atoms with Gasteiger partial charge >= 0.3 is 0 Å². The van der Waals surface area contributed by atoms with Gasteiger partial charge in [-0.3, -0.25) is 4.79 Å². The van der Waals surface area contributed by atoms with E-state index in [0.29, 0.717) is 16.9 Å². The van der Waals surface area contributed by atoms with Crippen molar-refractivity contribution in [3.63, 3.8) is 0 Å². The second kappa shape index (κ2) is 3.89. The molecule has 0 amide bonds. The maximum Gasteiger partial charge on any atom is 0.195 e. The highest BCUT2D eigenvalue weighted by Gasteiger charge is 2.07. The Morgan fingerprint density at radius 3 is 2.73 bits per heavy atom. The van der Waals surface area contributed by atoms with Crippen LogP contribution in [0.25, 0.3) is 11.0 Å². The number of benzene rings is 1. The maximum absolute atomic E-state index is 12.0.